The van der Waals surface area contributed by atoms with Crippen molar-refractivity contribution in [3.05, 3.63) is 57.3 Å². The minimum Gasteiger partial charge on any atom is -0.357 e. The van der Waals surface area contributed by atoms with Crippen LogP contribution in [0, 0.1) is 0 Å². The second kappa shape index (κ2) is 12.9. The zero-order valence-electron chi connectivity index (χ0n) is 17.9. The number of aryl methyl sites for hydroxylation is 1. The van der Waals surface area contributed by atoms with E-state index < -0.39 is 0 Å². The lowest BCUT2D eigenvalue weighted by Crippen LogP contribution is -2.39. The molecule has 0 aliphatic carbocycles. The van der Waals surface area contributed by atoms with Gasteiger partial charge in [0.2, 0.25) is 5.91 Å². The molecule has 0 bridgehead atoms. The number of carbonyl (C=O) groups is 1. The van der Waals surface area contributed by atoms with E-state index >= 15 is 0 Å². The van der Waals surface area contributed by atoms with Gasteiger partial charge in [-0.3, -0.25) is 4.79 Å². The molecule has 0 atom stereocenters. The van der Waals surface area contributed by atoms with E-state index in [4.69, 9.17) is 0 Å². The maximum Gasteiger partial charge on any atom is 0.222 e. The second-order valence-electron chi connectivity index (χ2n) is 7.28. The average Bonchev–Trinajstić information content (AvgIpc) is 3.22. The highest BCUT2D eigenvalue weighted by atomic mass is 127. The van der Waals surface area contributed by atoms with Gasteiger partial charge in [-0.1, -0.05) is 31.2 Å². The molecule has 30 heavy (non-hydrogen) atoms. The van der Waals surface area contributed by atoms with Crippen LogP contribution in [0.2, 0.25) is 0 Å². The highest BCUT2D eigenvalue weighted by molar-refractivity contribution is 14.0. The number of hydrogen-bond donors (Lipinski definition) is 2. The van der Waals surface area contributed by atoms with Crippen LogP contribution in [0.15, 0.2) is 41.4 Å². The molecule has 5 nitrogen and oxygen atoms in total. The standard InChI is InChI=1S/C23H32N4OS.HI/c1-3-20-11-12-21(29-20)16-26-23(24-4-2)25-14-7-10-22(28)27-15-13-18-8-5-6-9-19(18)17-27;/h5-6,8-9,11-12H,3-4,7,10,13-17H2,1-2H3,(H2,24,25,26);1H. The number of aliphatic imine (C=N–C) groups is 1. The van der Waals surface area contributed by atoms with Crippen molar-refractivity contribution < 1.29 is 4.79 Å². The van der Waals surface area contributed by atoms with Crippen LogP contribution in [0.4, 0.5) is 0 Å². The van der Waals surface area contributed by atoms with E-state index in [0.717, 1.165) is 51.4 Å². The van der Waals surface area contributed by atoms with Crippen molar-refractivity contribution in [3.8, 4) is 0 Å². The maximum atomic E-state index is 12.6. The summed E-state index contributed by atoms with van der Waals surface area (Å²) in [4.78, 5) is 21.9. The zero-order chi connectivity index (χ0) is 20.5. The van der Waals surface area contributed by atoms with Gasteiger partial charge in [0, 0.05) is 42.4 Å². The number of thiophene rings is 1. The highest BCUT2D eigenvalue weighted by Crippen LogP contribution is 2.19. The maximum absolute atomic E-state index is 12.6. The van der Waals surface area contributed by atoms with Crippen LogP contribution in [-0.4, -0.2) is 36.4 Å². The Hall–Kier alpha value is -1.61. The third-order valence-electron chi connectivity index (χ3n) is 5.15. The first kappa shape index (κ1) is 24.7. The Morgan fingerprint density at radius 1 is 1.10 bits per heavy atom. The quantitative estimate of drug-likeness (QED) is 0.227. The molecule has 164 valence electrons. The summed E-state index contributed by atoms with van der Waals surface area (Å²) in [5.41, 5.74) is 2.66. The van der Waals surface area contributed by atoms with Crippen molar-refractivity contribution in [2.24, 2.45) is 4.99 Å². The largest absolute Gasteiger partial charge is 0.357 e. The van der Waals surface area contributed by atoms with Gasteiger partial charge in [-0.15, -0.1) is 35.3 Å². The number of guanidine groups is 1. The van der Waals surface area contributed by atoms with Crippen molar-refractivity contribution in [1.82, 2.24) is 15.5 Å². The lowest BCUT2D eigenvalue weighted by Gasteiger charge is -2.29. The van der Waals surface area contributed by atoms with Crippen LogP contribution in [0.3, 0.4) is 0 Å². The van der Waals surface area contributed by atoms with E-state index in [2.05, 4.69) is 65.9 Å². The summed E-state index contributed by atoms with van der Waals surface area (Å²) >= 11 is 1.82. The number of rotatable bonds is 8. The molecule has 0 fully saturated rings. The summed E-state index contributed by atoms with van der Waals surface area (Å²) < 4.78 is 0. The fourth-order valence-electron chi connectivity index (χ4n) is 3.51. The fraction of sp³-hybridized carbons (Fsp3) is 0.478. The number of benzene rings is 1. The highest BCUT2D eigenvalue weighted by Gasteiger charge is 2.19. The number of nitrogens with one attached hydrogen (secondary N) is 2. The molecule has 2 heterocycles. The molecule has 2 N–H and O–H groups in total. The normalized spacial score (nSPS) is 13.4. The van der Waals surface area contributed by atoms with Gasteiger partial charge in [0.1, 0.15) is 0 Å². The Kier molecular flexibility index (Phi) is 10.6. The molecule has 0 saturated carbocycles. The topological polar surface area (TPSA) is 56.7 Å². The molecular weight excluding hydrogens is 507 g/mol. The van der Waals surface area contributed by atoms with Crippen molar-refractivity contribution >= 4 is 47.2 Å². The van der Waals surface area contributed by atoms with Crippen LogP contribution in [0.5, 0.6) is 0 Å². The van der Waals surface area contributed by atoms with Gasteiger partial charge in [0.05, 0.1) is 6.54 Å². The van der Waals surface area contributed by atoms with E-state index in [1.807, 2.05) is 16.2 Å². The zero-order valence-corrected chi connectivity index (χ0v) is 21.1. The van der Waals surface area contributed by atoms with E-state index in [1.54, 1.807) is 0 Å². The average molecular weight is 541 g/mol. The van der Waals surface area contributed by atoms with Crippen LogP contribution in [0.1, 0.15) is 47.6 Å². The Morgan fingerprint density at radius 2 is 1.87 bits per heavy atom. The van der Waals surface area contributed by atoms with Gasteiger partial charge < -0.3 is 15.5 Å². The van der Waals surface area contributed by atoms with Gasteiger partial charge in [0.25, 0.3) is 0 Å². The summed E-state index contributed by atoms with van der Waals surface area (Å²) in [5.74, 6) is 1.06. The molecule has 0 radical (unpaired) electrons. The SMILES string of the molecule is CCNC(=NCc1ccc(CC)s1)NCCCC(=O)N1CCc2ccccc2C1.I. The van der Waals surface area contributed by atoms with E-state index in [9.17, 15) is 4.79 Å². The second-order valence-corrected chi connectivity index (χ2v) is 8.53. The molecule has 1 amide bonds. The smallest absolute Gasteiger partial charge is 0.222 e. The number of fused-ring (bicyclic) bond motifs is 1. The number of carbonyl (C=O) groups excluding carboxylic acids is 1. The predicted molar refractivity (Wildman–Crippen MR) is 137 cm³/mol. The van der Waals surface area contributed by atoms with Gasteiger partial charge in [-0.25, -0.2) is 4.99 Å². The van der Waals surface area contributed by atoms with Crippen molar-refractivity contribution in [2.45, 2.75) is 52.6 Å². The van der Waals surface area contributed by atoms with Gasteiger partial charge in [-0.2, -0.15) is 0 Å². The fourth-order valence-corrected chi connectivity index (χ4v) is 4.39. The van der Waals surface area contributed by atoms with E-state index in [0.29, 0.717) is 13.0 Å². The summed E-state index contributed by atoms with van der Waals surface area (Å²) in [6, 6.07) is 12.8. The lowest BCUT2D eigenvalue weighted by atomic mass is 9.99. The number of hydrogen-bond acceptors (Lipinski definition) is 3. The van der Waals surface area contributed by atoms with Crippen molar-refractivity contribution in [3.63, 3.8) is 0 Å². The van der Waals surface area contributed by atoms with Gasteiger partial charge >= 0.3 is 0 Å². The molecule has 1 aromatic heterocycles. The van der Waals surface area contributed by atoms with Gasteiger partial charge in [-0.05, 0) is 49.4 Å². The number of amides is 1. The third-order valence-corrected chi connectivity index (χ3v) is 6.36. The Morgan fingerprint density at radius 3 is 2.60 bits per heavy atom. The molecule has 1 aliphatic rings. The summed E-state index contributed by atoms with van der Waals surface area (Å²) in [7, 11) is 0. The molecule has 7 heteroatoms. The monoisotopic (exact) mass is 540 g/mol. The molecule has 0 saturated heterocycles. The minimum absolute atomic E-state index is 0. The van der Waals surface area contributed by atoms with Gasteiger partial charge in [0.15, 0.2) is 5.96 Å². The first-order valence-corrected chi connectivity index (χ1v) is 11.5. The van der Waals surface area contributed by atoms with E-state index in [1.165, 1.54) is 20.9 Å². The Bertz CT molecular complexity index is 836. The third kappa shape index (κ3) is 7.27. The van der Waals surface area contributed by atoms with Crippen LogP contribution < -0.4 is 10.6 Å². The van der Waals surface area contributed by atoms with E-state index in [-0.39, 0.29) is 29.9 Å². The van der Waals surface area contributed by atoms with Crippen LogP contribution in [-0.2, 0) is 30.7 Å². The first-order valence-electron chi connectivity index (χ1n) is 10.6. The number of halogens is 1. The predicted octanol–water partition coefficient (Wildman–Crippen LogP) is 4.35. The molecule has 1 aliphatic heterocycles. The molecular formula is C23H33IN4OS. The lowest BCUT2D eigenvalue weighted by molar-refractivity contribution is -0.132. The minimum atomic E-state index is 0. The van der Waals surface area contributed by atoms with Crippen LogP contribution in [0.25, 0.3) is 0 Å². The first-order chi connectivity index (χ1) is 14.2. The Labute approximate surface area is 201 Å². The Balaban J connectivity index is 0.00000320. The summed E-state index contributed by atoms with van der Waals surface area (Å²) in [6.45, 7) is 8.06. The van der Waals surface area contributed by atoms with Crippen LogP contribution >= 0.6 is 35.3 Å². The molecule has 2 aromatic rings. The summed E-state index contributed by atoms with van der Waals surface area (Å²) in [5, 5.41) is 6.64. The molecule has 0 spiro atoms. The molecule has 1 aromatic carbocycles. The van der Waals surface area contributed by atoms with Crippen molar-refractivity contribution in [1.29, 1.82) is 0 Å². The number of nitrogens with zero attached hydrogens (tertiary/aromatic N) is 2. The molecule has 3 rings (SSSR count). The molecule has 0 unspecified atom stereocenters. The summed E-state index contributed by atoms with van der Waals surface area (Å²) in [6.07, 6.45) is 3.41. The van der Waals surface area contributed by atoms with Crippen molar-refractivity contribution in [2.75, 3.05) is 19.6 Å².